The summed E-state index contributed by atoms with van der Waals surface area (Å²) in [6.07, 6.45) is 0. The molecule has 1 nitrogen and oxygen atoms in total. The quantitative estimate of drug-likeness (QED) is 0.363. The third-order valence-electron chi connectivity index (χ3n) is 2.96. The minimum absolute atomic E-state index is 0.339. The second-order valence-corrected chi connectivity index (χ2v) is 4.58. The summed E-state index contributed by atoms with van der Waals surface area (Å²) in [4.78, 5) is 1.66. The molecular weight excluding hydrogens is 288 g/mol. The van der Waals surface area contributed by atoms with Crippen LogP contribution in [0.25, 0.3) is 0 Å². The maximum atomic E-state index is 13.7. The molecule has 0 N–H and O–H groups in total. The molecule has 2 aromatic carbocycles. The van der Waals surface area contributed by atoms with Gasteiger partial charge in [-0.3, -0.25) is 0 Å². The van der Waals surface area contributed by atoms with Crippen LogP contribution < -0.4 is 15.8 Å². The Morgan fingerprint density at radius 1 is 0.762 bits per heavy atom. The number of hydrogen-bond donors (Lipinski definition) is 0. The van der Waals surface area contributed by atoms with Crippen LogP contribution in [0.5, 0.6) is 0 Å². The van der Waals surface area contributed by atoms with Crippen LogP contribution in [0.15, 0.2) is 24.3 Å². The second-order valence-electron chi connectivity index (χ2n) is 4.58. The molecule has 0 amide bonds. The van der Waals surface area contributed by atoms with E-state index in [0.717, 1.165) is 7.28 Å². The molecule has 0 aromatic heterocycles. The Kier molecular flexibility index (Phi) is 4.20. The van der Waals surface area contributed by atoms with Crippen molar-refractivity contribution < 1.29 is 22.0 Å². The molecule has 0 aliphatic carbocycles. The predicted molar refractivity (Wildman–Crippen MR) is 72.0 cm³/mol. The van der Waals surface area contributed by atoms with Crippen LogP contribution in [0, 0.1) is 29.1 Å². The van der Waals surface area contributed by atoms with E-state index in [0.29, 0.717) is 11.2 Å². The molecule has 0 heterocycles. The molecular formula is C14H10BF5N. The van der Waals surface area contributed by atoms with E-state index >= 15 is 0 Å². The average Bonchev–Trinajstić information content (AvgIpc) is 2.48. The molecule has 0 spiro atoms. The summed E-state index contributed by atoms with van der Waals surface area (Å²) >= 11 is 0. The zero-order chi connectivity index (χ0) is 15.7. The van der Waals surface area contributed by atoms with Crippen molar-refractivity contribution >= 4 is 23.9 Å². The van der Waals surface area contributed by atoms with Gasteiger partial charge in [-0.1, -0.05) is 23.7 Å². The normalized spacial score (nSPS) is 10.6. The standard InChI is InChI=1S/C14H10BF5N/c1-21(2)8-6-4-3-5-7(8)15-9-10(16)12(18)14(20)13(19)11(9)17/h3-6H,1-2H3. The van der Waals surface area contributed by atoms with E-state index in [1.165, 1.54) is 6.07 Å². The van der Waals surface area contributed by atoms with Crippen LogP contribution in [0.2, 0.25) is 0 Å². The number of hydrogen-bond acceptors (Lipinski definition) is 1. The minimum Gasteiger partial charge on any atom is -0.378 e. The summed E-state index contributed by atoms with van der Waals surface area (Å²) in [6, 6.07) is 6.49. The molecule has 0 atom stereocenters. The highest BCUT2D eigenvalue weighted by Crippen LogP contribution is 2.16. The predicted octanol–water partition coefficient (Wildman–Crippen LogP) is 2.10. The smallest absolute Gasteiger partial charge is 0.202 e. The molecule has 0 aliphatic heterocycles. The summed E-state index contributed by atoms with van der Waals surface area (Å²) in [5.74, 6) is -9.77. The van der Waals surface area contributed by atoms with Gasteiger partial charge >= 0.3 is 0 Å². The third kappa shape index (κ3) is 2.72. The van der Waals surface area contributed by atoms with E-state index in [2.05, 4.69) is 0 Å². The van der Waals surface area contributed by atoms with Gasteiger partial charge in [0, 0.05) is 19.8 Å². The van der Waals surface area contributed by atoms with Crippen molar-refractivity contribution in [2.75, 3.05) is 19.0 Å². The zero-order valence-corrected chi connectivity index (χ0v) is 11.2. The Morgan fingerprint density at radius 2 is 1.24 bits per heavy atom. The SMILES string of the molecule is CN(C)c1ccccc1[B]c1c(F)c(F)c(F)c(F)c1F. The number of benzene rings is 2. The Morgan fingerprint density at radius 3 is 1.76 bits per heavy atom. The molecule has 7 heteroatoms. The Hall–Kier alpha value is -2.05. The molecule has 2 rings (SSSR count). The van der Waals surface area contributed by atoms with E-state index in [-0.39, 0.29) is 0 Å². The van der Waals surface area contributed by atoms with Crippen molar-refractivity contribution in [2.45, 2.75) is 0 Å². The number of para-hydroxylation sites is 1. The lowest BCUT2D eigenvalue weighted by Gasteiger charge is -2.17. The van der Waals surface area contributed by atoms with Gasteiger partial charge in [0.1, 0.15) is 0 Å². The van der Waals surface area contributed by atoms with Crippen molar-refractivity contribution in [3.63, 3.8) is 0 Å². The van der Waals surface area contributed by atoms with Gasteiger partial charge in [-0.2, -0.15) is 0 Å². The van der Waals surface area contributed by atoms with Gasteiger partial charge < -0.3 is 4.90 Å². The van der Waals surface area contributed by atoms with Gasteiger partial charge in [-0.15, -0.1) is 0 Å². The first-order chi connectivity index (χ1) is 9.84. The number of anilines is 1. The van der Waals surface area contributed by atoms with Crippen molar-refractivity contribution in [1.82, 2.24) is 0 Å². The van der Waals surface area contributed by atoms with Crippen molar-refractivity contribution in [2.24, 2.45) is 0 Å². The summed E-state index contributed by atoms with van der Waals surface area (Å²) in [5.41, 5.74) is -0.0344. The van der Waals surface area contributed by atoms with Gasteiger partial charge in [-0.25, -0.2) is 22.0 Å². The third-order valence-corrected chi connectivity index (χ3v) is 2.96. The highest BCUT2D eigenvalue weighted by atomic mass is 19.2. The molecule has 0 unspecified atom stereocenters. The maximum Gasteiger partial charge on any atom is 0.202 e. The molecule has 0 saturated heterocycles. The topological polar surface area (TPSA) is 3.24 Å². The fraction of sp³-hybridized carbons (Fsp3) is 0.143. The second kappa shape index (κ2) is 5.75. The average molecular weight is 298 g/mol. The fourth-order valence-electron chi connectivity index (χ4n) is 1.92. The number of rotatable bonds is 3. The summed E-state index contributed by atoms with van der Waals surface area (Å²) in [5, 5.41) is 0. The lowest BCUT2D eigenvalue weighted by atomic mass is 9.62. The summed E-state index contributed by atoms with van der Waals surface area (Å²) in [7, 11) is 4.34. The monoisotopic (exact) mass is 298 g/mol. The summed E-state index contributed by atoms with van der Waals surface area (Å²) in [6.45, 7) is 0. The van der Waals surface area contributed by atoms with Gasteiger partial charge in [0.05, 0.1) is 0 Å². The lowest BCUT2D eigenvalue weighted by Crippen LogP contribution is -2.37. The van der Waals surface area contributed by atoms with Crippen LogP contribution in [0.1, 0.15) is 0 Å². The molecule has 21 heavy (non-hydrogen) atoms. The van der Waals surface area contributed by atoms with Crippen LogP contribution in [0.3, 0.4) is 0 Å². The lowest BCUT2D eigenvalue weighted by molar-refractivity contribution is 0.384. The van der Waals surface area contributed by atoms with Crippen molar-refractivity contribution in [3.8, 4) is 0 Å². The summed E-state index contributed by atoms with van der Waals surface area (Å²) < 4.78 is 66.7. The molecule has 0 aliphatic rings. The van der Waals surface area contributed by atoms with Gasteiger partial charge in [0.2, 0.25) is 7.28 Å². The Bertz CT molecular complexity index is 658. The highest BCUT2D eigenvalue weighted by Gasteiger charge is 2.26. The van der Waals surface area contributed by atoms with Crippen LogP contribution >= 0.6 is 0 Å². The van der Waals surface area contributed by atoms with Crippen LogP contribution in [0.4, 0.5) is 27.6 Å². The molecule has 1 radical (unpaired) electrons. The van der Waals surface area contributed by atoms with Crippen molar-refractivity contribution in [1.29, 1.82) is 0 Å². The molecule has 109 valence electrons. The van der Waals surface area contributed by atoms with Gasteiger partial charge in [-0.05, 0) is 11.5 Å². The van der Waals surface area contributed by atoms with Gasteiger partial charge in [0.25, 0.3) is 0 Å². The highest BCUT2D eigenvalue weighted by molar-refractivity contribution is 6.69. The first kappa shape index (κ1) is 15.3. The van der Waals surface area contributed by atoms with E-state index in [1.54, 1.807) is 37.2 Å². The van der Waals surface area contributed by atoms with E-state index < -0.39 is 34.5 Å². The van der Waals surface area contributed by atoms with Crippen LogP contribution in [-0.2, 0) is 0 Å². The maximum absolute atomic E-state index is 13.7. The Labute approximate surface area is 119 Å². The van der Waals surface area contributed by atoms with Gasteiger partial charge in [0.15, 0.2) is 29.1 Å². The number of nitrogens with zero attached hydrogens (tertiary/aromatic N) is 1. The molecule has 0 saturated carbocycles. The van der Waals surface area contributed by atoms with E-state index in [9.17, 15) is 22.0 Å². The molecule has 0 bridgehead atoms. The minimum atomic E-state index is -2.16. The molecule has 0 fully saturated rings. The first-order valence-corrected chi connectivity index (χ1v) is 5.97. The fourth-order valence-corrected chi connectivity index (χ4v) is 1.92. The Balaban J connectivity index is 2.56. The zero-order valence-electron chi connectivity index (χ0n) is 11.2. The van der Waals surface area contributed by atoms with E-state index in [1.807, 2.05) is 0 Å². The van der Waals surface area contributed by atoms with Crippen LogP contribution in [-0.4, -0.2) is 21.4 Å². The number of halogens is 5. The molecule has 2 aromatic rings. The van der Waals surface area contributed by atoms with E-state index in [4.69, 9.17) is 0 Å². The van der Waals surface area contributed by atoms with Crippen molar-refractivity contribution in [3.05, 3.63) is 53.4 Å². The first-order valence-electron chi connectivity index (χ1n) is 5.97. The largest absolute Gasteiger partial charge is 0.378 e.